The molecule has 0 amide bonds. The number of halogens is 2. The minimum atomic E-state index is -0.446. The molecule has 5 heteroatoms. The van der Waals surface area contributed by atoms with E-state index in [0.717, 1.165) is 0 Å². The molecular weight excluding hydrogens is 629 g/mol. The molecule has 0 fully saturated rings. The van der Waals surface area contributed by atoms with Crippen LogP contribution in [0, 0.1) is 0 Å². The minimum Gasteiger partial charge on any atom is -1.00 e. The maximum Gasteiger partial charge on any atom is 2.00 e. The van der Waals surface area contributed by atoms with Gasteiger partial charge in [-0.15, -0.1) is 0 Å². The average Bonchev–Trinajstić information content (AvgIpc) is 3.01. The predicted octanol–water partition coefficient (Wildman–Crippen LogP) is 0.895. The van der Waals surface area contributed by atoms with Crippen LogP contribution >= 0.6 is 15.8 Å². The molecule has 0 spiro atoms. The van der Waals surface area contributed by atoms with Crippen molar-refractivity contribution >= 4 is 47.7 Å². The van der Waals surface area contributed by atoms with Gasteiger partial charge in [-0.3, -0.25) is 0 Å². The minimum absolute atomic E-state index is 0. The zero-order valence-electron chi connectivity index (χ0n) is 22.3. The van der Waals surface area contributed by atoms with E-state index < -0.39 is 15.8 Å². The van der Waals surface area contributed by atoms with Crippen molar-refractivity contribution in [2.45, 2.75) is 0 Å². The Morgan fingerprint density at radius 3 is 0.463 bits per heavy atom. The molecule has 0 saturated heterocycles. The first-order chi connectivity index (χ1) is 18.9. The molecule has 0 bridgehead atoms. The van der Waals surface area contributed by atoms with Gasteiger partial charge in [0, 0.05) is 0 Å². The van der Waals surface area contributed by atoms with Gasteiger partial charge >= 0.3 is 17.1 Å². The van der Waals surface area contributed by atoms with E-state index >= 15 is 0 Å². The van der Waals surface area contributed by atoms with Crippen LogP contribution in [0.25, 0.3) is 0 Å². The van der Waals surface area contributed by atoms with Gasteiger partial charge < -0.3 is 24.8 Å². The third-order valence-electron chi connectivity index (χ3n) is 6.09. The Kier molecular flexibility index (Phi) is 15.7. The SMILES string of the molecule is [Cl-].[Cl-].[Cu+2].c1ccc(P(c2ccccc2)c2ccccc2)cc1.c1ccc(P(c2ccccc2)c2ccccc2)cc1. The molecule has 0 aliphatic heterocycles. The van der Waals surface area contributed by atoms with Crippen molar-refractivity contribution in [1.29, 1.82) is 0 Å². The van der Waals surface area contributed by atoms with E-state index in [1.807, 2.05) is 0 Å². The van der Waals surface area contributed by atoms with E-state index in [1.54, 1.807) is 0 Å². The van der Waals surface area contributed by atoms with E-state index in [1.165, 1.54) is 31.8 Å². The van der Waals surface area contributed by atoms with Gasteiger partial charge in [0.05, 0.1) is 0 Å². The van der Waals surface area contributed by atoms with Gasteiger partial charge in [-0.05, 0) is 47.7 Å². The summed E-state index contributed by atoms with van der Waals surface area (Å²) in [4.78, 5) is 0. The van der Waals surface area contributed by atoms with Gasteiger partial charge in [-0.1, -0.05) is 182 Å². The van der Waals surface area contributed by atoms with Crippen LogP contribution in [0.4, 0.5) is 0 Å². The monoisotopic (exact) mass is 657 g/mol. The largest absolute Gasteiger partial charge is 2.00 e. The molecule has 209 valence electrons. The van der Waals surface area contributed by atoms with Crippen LogP contribution in [0.5, 0.6) is 0 Å². The predicted molar refractivity (Wildman–Crippen MR) is 170 cm³/mol. The standard InChI is InChI=1S/2C18H15P.2ClH.Cu/c2*1-4-10-16(11-5-1)19(17-12-6-2-7-13-17)18-14-8-3-9-15-18;;;/h2*1-15H;2*1H;/q;;;;+2/p-2. The zero-order valence-corrected chi connectivity index (χ0v) is 26.5. The first-order valence-electron chi connectivity index (χ1n) is 12.8. The molecule has 0 aliphatic carbocycles. The molecule has 0 aliphatic rings. The van der Waals surface area contributed by atoms with Gasteiger partial charge in [0.15, 0.2) is 0 Å². The Balaban J connectivity index is 0.000000267. The van der Waals surface area contributed by atoms with Crippen LogP contribution < -0.4 is 56.6 Å². The van der Waals surface area contributed by atoms with Crippen LogP contribution in [0.2, 0.25) is 0 Å². The summed E-state index contributed by atoms with van der Waals surface area (Å²) in [5.41, 5.74) is 0. The Morgan fingerprint density at radius 2 is 0.341 bits per heavy atom. The Labute approximate surface area is 270 Å². The summed E-state index contributed by atoms with van der Waals surface area (Å²) in [5, 5.41) is 8.39. The maximum atomic E-state index is 2.23. The van der Waals surface area contributed by atoms with Crippen LogP contribution in [-0.2, 0) is 17.1 Å². The molecular formula is C36H30Cl2CuP2. The number of benzene rings is 6. The van der Waals surface area contributed by atoms with Crippen molar-refractivity contribution in [3.8, 4) is 0 Å². The number of rotatable bonds is 6. The van der Waals surface area contributed by atoms with E-state index in [0.29, 0.717) is 0 Å². The fourth-order valence-corrected chi connectivity index (χ4v) is 8.97. The third kappa shape index (κ3) is 9.67. The van der Waals surface area contributed by atoms with Crippen LogP contribution in [-0.4, -0.2) is 0 Å². The molecule has 6 aromatic carbocycles. The van der Waals surface area contributed by atoms with Gasteiger partial charge in [0.25, 0.3) is 0 Å². The summed E-state index contributed by atoms with van der Waals surface area (Å²) in [7, 11) is -0.892. The Morgan fingerprint density at radius 1 is 0.220 bits per heavy atom. The molecule has 1 radical (unpaired) electrons. The fraction of sp³-hybridized carbons (Fsp3) is 0. The summed E-state index contributed by atoms with van der Waals surface area (Å²) >= 11 is 0. The van der Waals surface area contributed by atoms with Gasteiger partial charge in [-0.25, -0.2) is 0 Å². The normalized spacial score (nSPS) is 9.80. The molecule has 0 nitrogen and oxygen atoms in total. The topological polar surface area (TPSA) is 0 Å². The van der Waals surface area contributed by atoms with Gasteiger partial charge in [0.1, 0.15) is 0 Å². The summed E-state index contributed by atoms with van der Waals surface area (Å²) < 4.78 is 0. The number of hydrogen-bond acceptors (Lipinski definition) is 0. The molecule has 6 aromatic rings. The van der Waals surface area contributed by atoms with E-state index in [2.05, 4.69) is 182 Å². The van der Waals surface area contributed by atoms with Crippen LogP contribution in [0.3, 0.4) is 0 Å². The smallest absolute Gasteiger partial charge is 1.00 e. The zero-order chi connectivity index (χ0) is 25.8. The molecule has 0 saturated carbocycles. The molecule has 0 unspecified atom stereocenters. The summed E-state index contributed by atoms with van der Waals surface area (Å²) in [5.74, 6) is 0. The quantitative estimate of drug-likeness (QED) is 0.185. The first kappa shape index (κ1) is 34.5. The summed E-state index contributed by atoms with van der Waals surface area (Å²) in [6, 6.07) is 64.7. The van der Waals surface area contributed by atoms with E-state index in [9.17, 15) is 0 Å². The van der Waals surface area contributed by atoms with Crippen molar-refractivity contribution in [3.05, 3.63) is 182 Å². The molecule has 41 heavy (non-hydrogen) atoms. The second-order valence-corrected chi connectivity index (χ2v) is 13.1. The van der Waals surface area contributed by atoms with Crippen molar-refractivity contribution in [3.63, 3.8) is 0 Å². The average molecular weight is 659 g/mol. The molecule has 0 heterocycles. The maximum absolute atomic E-state index is 2.23. The van der Waals surface area contributed by atoms with Crippen molar-refractivity contribution in [2.24, 2.45) is 0 Å². The van der Waals surface area contributed by atoms with Gasteiger partial charge in [-0.2, -0.15) is 0 Å². The Bertz CT molecular complexity index is 1180. The summed E-state index contributed by atoms with van der Waals surface area (Å²) in [6.45, 7) is 0. The second-order valence-electron chi connectivity index (χ2n) is 8.68. The van der Waals surface area contributed by atoms with Crippen LogP contribution in [0.15, 0.2) is 182 Å². The number of hydrogen-bond donors (Lipinski definition) is 0. The third-order valence-corrected chi connectivity index (χ3v) is 11.0. The molecule has 0 atom stereocenters. The molecule has 6 rings (SSSR count). The summed E-state index contributed by atoms with van der Waals surface area (Å²) in [6.07, 6.45) is 0. The first-order valence-corrected chi connectivity index (χ1v) is 15.5. The van der Waals surface area contributed by atoms with Crippen molar-refractivity contribution in [2.75, 3.05) is 0 Å². The fourth-order valence-electron chi connectivity index (χ4n) is 4.36. The molecule has 0 aromatic heterocycles. The molecule has 0 N–H and O–H groups in total. The van der Waals surface area contributed by atoms with Crippen LogP contribution in [0.1, 0.15) is 0 Å². The Hall–Kier alpha value is -2.72. The van der Waals surface area contributed by atoms with E-state index in [-0.39, 0.29) is 41.9 Å². The van der Waals surface area contributed by atoms with Crippen molar-refractivity contribution in [1.82, 2.24) is 0 Å². The second kappa shape index (κ2) is 18.7. The van der Waals surface area contributed by atoms with E-state index in [4.69, 9.17) is 0 Å². The van der Waals surface area contributed by atoms with Gasteiger partial charge in [0.2, 0.25) is 0 Å². The van der Waals surface area contributed by atoms with Crippen molar-refractivity contribution < 1.29 is 41.9 Å².